The predicted octanol–water partition coefficient (Wildman–Crippen LogP) is 4.22. The van der Waals surface area contributed by atoms with Crippen LogP contribution in [0.5, 0.6) is 0 Å². The molecule has 0 fully saturated rings. The fourth-order valence-electron chi connectivity index (χ4n) is 1.55. The van der Waals surface area contributed by atoms with E-state index in [1.807, 2.05) is 5.38 Å². The zero-order valence-electron chi connectivity index (χ0n) is 10.2. The van der Waals surface area contributed by atoms with Gasteiger partial charge < -0.3 is 4.74 Å². The fourth-order valence-corrected chi connectivity index (χ4v) is 2.71. The van der Waals surface area contributed by atoms with Gasteiger partial charge in [-0.2, -0.15) is 0 Å². The van der Waals surface area contributed by atoms with Gasteiger partial charge in [0.15, 0.2) is 0 Å². The summed E-state index contributed by atoms with van der Waals surface area (Å²) in [6.45, 7) is 2.15. The van der Waals surface area contributed by atoms with Crippen LogP contribution in [0.25, 0.3) is 11.3 Å². The molecule has 6 heteroatoms. The summed E-state index contributed by atoms with van der Waals surface area (Å²) in [6, 6.07) is 5.20. The molecule has 100 valence electrons. The number of carbonyl (C=O) groups is 1. The van der Waals surface area contributed by atoms with Crippen LogP contribution in [0.2, 0.25) is 10.0 Å². The predicted molar refractivity (Wildman–Crippen MR) is 77.9 cm³/mol. The van der Waals surface area contributed by atoms with Crippen molar-refractivity contribution >= 4 is 40.5 Å². The minimum atomic E-state index is -0.277. The van der Waals surface area contributed by atoms with Crippen molar-refractivity contribution in [3.63, 3.8) is 0 Å². The number of esters is 1. The van der Waals surface area contributed by atoms with Crippen molar-refractivity contribution in [2.45, 2.75) is 13.3 Å². The van der Waals surface area contributed by atoms with E-state index in [4.69, 9.17) is 27.9 Å². The van der Waals surface area contributed by atoms with Crippen molar-refractivity contribution in [3.05, 3.63) is 38.6 Å². The molecule has 0 spiro atoms. The third-order valence-electron chi connectivity index (χ3n) is 2.36. The molecule has 0 aliphatic heterocycles. The van der Waals surface area contributed by atoms with Crippen LogP contribution in [0.15, 0.2) is 23.6 Å². The molecule has 0 N–H and O–H groups in total. The average molecular weight is 316 g/mol. The SMILES string of the molecule is CCOC(=O)Cc1nc(-c2cc(Cl)ccc2Cl)cs1. The lowest BCUT2D eigenvalue weighted by Crippen LogP contribution is -2.07. The Balaban J connectivity index is 2.21. The topological polar surface area (TPSA) is 39.2 Å². The molecule has 0 amide bonds. The molecule has 3 nitrogen and oxygen atoms in total. The van der Waals surface area contributed by atoms with Crippen molar-refractivity contribution in [1.82, 2.24) is 4.98 Å². The van der Waals surface area contributed by atoms with Gasteiger partial charge in [-0.05, 0) is 25.1 Å². The lowest BCUT2D eigenvalue weighted by molar-refractivity contribution is -0.142. The number of hydrogen-bond acceptors (Lipinski definition) is 4. The first-order valence-electron chi connectivity index (χ1n) is 5.65. The van der Waals surface area contributed by atoms with E-state index in [2.05, 4.69) is 4.98 Å². The number of carbonyl (C=O) groups excluding carboxylic acids is 1. The van der Waals surface area contributed by atoms with Gasteiger partial charge in [-0.3, -0.25) is 4.79 Å². The van der Waals surface area contributed by atoms with Gasteiger partial charge in [0, 0.05) is 16.0 Å². The standard InChI is InChI=1S/C13H11Cl2NO2S/c1-2-18-13(17)6-12-16-11(7-19-12)9-5-8(14)3-4-10(9)15/h3-5,7H,2,6H2,1H3. The highest BCUT2D eigenvalue weighted by Crippen LogP contribution is 2.31. The van der Waals surface area contributed by atoms with Gasteiger partial charge in [0.2, 0.25) is 0 Å². The molecule has 1 heterocycles. The summed E-state index contributed by atoms with van der Waals surface area (Å²) in [5.41, 5.74) is 1.48. The summed E-state index contributed by atoms with van der Waals surface area (Å²) in [5.74, 6) is -0.277. The van der Waals surface area contributed by atoms with Crippen LogP contribution in [-0.2, 0) is 16.0 Å². The highest BCUT2D eigenvalue weighted by Gasteiger charge is 2.12. The molecule has 1 aromatic heterocycles. The molecule has 0 aliphatic carbocycles. The maximum atomic E-state index is 11.4. The second kappa shape index (κ2) is 6.37. The second-order valence-corrected chi connectivity index (χ2v) is 5.52. The fraction of sp³-hybridized carbons (Fsp3) is 0.231. The van der Waals surface area contributed by atoms with Crippen molar-refractivity contribution in [2.75, 3.05) is 6.61 Å². The molecule has 19 heavy (non-hydrogen) atoms. The van der Waals surface area contributed by atoms with Crippen molar-refractivity contribution in [3.8, 4) is 11.3 Å². The van der Waals surface area contributed by atoms with Crippen LogP contribution in [0.4, 0.5) is 0 Å². The van der Waals surface area contributed by atoms with Gasteiger partial charge in [0.05, 0.1) is 23.7 Å². The molecule has 0 saturated heterocycles. The number of halogens is 2. The van der Waals surface area contributed by atoms with Gasteiger partial charge in [-0.1, -0.05) is 23.2 Å². The zero-order valence-corrected chi connectivity index (χ0v) is 12.5. The Kier molecular flexibility index (Phi) is 4.80. The molecule has 0 bridgehead atoms. The van der Waals surface area contributed by atoms with Gasteiger partial charge in [0.25, 0.3) is 0 Å². The van der Waals surface area contributed by atoms with Crippen LogP contribution in [0, 0.1) is 0 Å². The minimum absolute atomic E-state index is 0.177. The number of nitrogens with zero attached hydrogens (tertiary/aromatic N) is 1. The summed E-state index contributed by atoms with van der Waals surface area (Å²) in [7, 11) is 0. The third-order valence-corrected chi connectivity index (χ3v) is 3.77. The monoisotopic (exact) mass is 315 g/mol. The maximum Gasteiger partial charge on any atom is 0.312 e. The Hall–Kier alpha value is -1.10. The minimum Gasteiger partial charge on any atom is -0.466 e. The largest absolute Gasteiger partial charge is 0.466 e. The first kappa shape index (κ1) is 14.3. The Morgan fingerprint density at radius 2 is 2.21 bits per heavy atom. The molecule has 2 aromatic rings. The first-order chi connectivity index (χ1) is 9.10. The van der Waals surface area contributed by atoms with E-state index < -0.39 is 0 Å². The molecule has 0 saturated carbocycles. The molecule has 2 rings (SSSR count). The lowest BCUT2D eigenvalue weighted by atomic mass is 10.2. The molecule has 0 atom stereocenters. The normalized spacial score (nSPS) is 10.5. The first-order valence-corrected chi connectivity index (χ1v) is 7.29. The average Bonchev–Trinajstić information content (AvgIpc) is 2.81. The molecular weight excluding hydrogens is 305 g/mol. The third kappa shape index (κ3) is 3.69. The Morgan fingerprint density at radius 3 is 2.95 bits per heavy atom. The highest BCUT2D eigenvalue weighted by atomic mass is 35.5. The summed E-state index contributed by atoms with van der Waals surface area (Å²) in [5, 5.41) is 3.73. The smallest absolute Gasteiger partial charge is 0.312 e. The van der Waals surface area contributed by atoms with Crippen molar-refractivity contribution in [1.29, 1.82) is 0 Å². The molecule has 1 aromatic carbocycles. The Morgan fingerprint density at radius 1 is 1.42 bits per heavy atom. The summed E-state index contributed by atoms with van der Waals surface area (Å²) >= 11 is 13.5. The maximum absolute atomic E-state index is 11.4. The lowest BCUT2D eigenvalue weighted by Gasteiger charge is -2.01. The molecule has 0 aliphatic rings. The number of ether oxygens (including phenoxy) is 1. The van der Waals surface area contributed by atoms with Crippen LogP contribution >= 0.6 is 34.5 Å². The Labute approximate surface area is 125 Å². The van der Waals surface area contributed by atoms with Gasteiger partial charge in [-0.25, -0.2) is 4.98 Å². The van der Waals surface area contributed by atoms with Crippen LogP contribution < -0.4 is 0 Å². The van der Waals surface area contributed by atoms with E-state index in [0.717, 1.165) is 11.3 Å². The highest BCUT2D eigenvalue weighted by molar-refractivity contribution is 7.10. The quantitative estimate of drug-likeness (QED) is 0.793. The van der Waals surface area contributed by atoms with E-state index in [1.54, 1.807) is 25.1 Å². The molecular formula is C13H11Cl2NO2S. The van der Waals surface area contributed by atoms with Crippen LogP contribution in [0.1, 0.15) is 11.9 Å². The van der Waals surface area contributed by atoms with Crippen molar-refractivity contribution in [2.24, 2.45) is 0 Å². The van der Waals surface area contributed by atoms with E-state index in [0.29, 0.717) is 21.7 Å². The van der Waals surface area contributed by atoms with Gasteiger partial charge >= 0.3 is 5.97 Å². The number of thiazole rings is 1. The molecule has 0 radical (unpaired) electrons. The molecule has 0 unspecified atom stereocenters. The summed E-state index contributed by atoms with van der Waals surface area (Å²) in [6.07, 6.45) is 0.177. The summed E-state index contributed by atoms with van der Waals surface area (Å²) < 4.78 is 4.88. The van der Waals surface area contributed by atoms with Gasteiger partial charge in [0.1, 0.15) is 5.01 Å². The number of aromatic nitrogens is 1. The van der Waals surface area contributed by atoms with Gasteiger partial charge in [-0.15, -0.1) is 11.3 Å². The Bertz CT molecular complexity index is 598. The van der Waals surface area contributed by atoms with E-state index in [9.17, 15) is 4.79 Å². The summed E-state index contributed by atoms with van der Waals surface area (Å²) in [4.78, 5) is 15.8. The number of rotatable bonds is 4. The van der Waals surface area contributed by atoms with Crippen molar-refractivity contribution < 1.29 is 9.53 Å². The van der Waals surface area contributed by atoms with E-state index >= 15 is 0 Å². The number of benzene rings is 1. The number of hydrogen-bond donors (Lipinski definition) is 0. The second-order valence-electron chi connectivity index (χ2n) is 3.73. The van der Waals surface area contributed by atoms with E-state index in [-0.39, 0.29) is 12.4 Å². The zero-order chi connectivity index (χ0) is 13.8. The van der Waals surface area contributed by atoms with Crippen LogP contribution in [-0.4, -0.2) is 17.6 Å². The van der Waals surface area contributed by atoms with E-state index in [1.165, 1.54) is 11.3 Å². The van der Waals surface area contributed by atoms with Crippen LogP contribution in [0.3, 0.4) is 0 Å².